The molecular formula is C15H20BrN3O2. The molecule has 0 aromatic heterocycles. The summed E-state index contributed by atoms with van der Waals surface area (Å²) in [6.07, 6.45) is 6.48. The first-order chi connectivity index (χ1) is 10.1. The highest BCUT2D eigenvalue weighted by Gasteiger charge is 2.18. The first-order valence-corrected chi connectivity index (χ1v) is 7.96. The van der Waals surface area contributed by atoms with Crippen LogP contribution >= 0.6 is 15.9 Å². The molecule has 0 spiro atoms. The van der Waals surface area contributed by atoms with Gasteiger partial charge in [-0.25, -0.2) is 0 Å². The van der Waals surface area contributed by atoms with E-state index < -0.39 is 0 Å². The van der Waals surface area contributed by atoms with Crippen molar-refractivity contribution in [2.45, 2.75) is 38.5 Å². The molecule has 1 aromatic rings. The van der Waals surface area contributed by atoms with Crippen LogP contribution in [0.1, 0.15) is 44.1 Å². The minimum atomic E-state index is -0.0213. The molecule has 4 N–H and O–H groups in total. The van der Waals surface area contributed by atoms with Crippen molar-refractivity contribution in [2.24, 2.45) is 16.8 Å². The number of amides is 1. The second-order valence-electron chi connectivity index (χ2n) is 5.43. The number of nitrogens with two attached hydrogens (primary N) is 1. The fourth-order valence-electron chi connectivity index (χ4n) is 2.75. The number of halogens is 1. The van der Waals surface area contributed by atoms with Gasteiger partial charge >= 0.3 is 0 Å². The average molecular weight is 354 g/mol. The van der Waals surface area contributed by atoms with Crippen molar-refractivity contribution in [1.29, 1.82) is 0 Å². The zero-order valence-corrected chi connectivity index (χ0v) is 13.4. The van der Waals surface area contributed by atoms with Crippen molar-refractivity contribution < 1.29 is 10.0 Å². The summed E-state index contributed by atoms with van der Waals surface area (Å²) in [5.74, 6) is 0.431. The van der Waals surface area contributed by atoms with E-state index >= 15 is 0 Å². The maximum atomic E-state index is 12.2. The molecule has 2 rings (SSSR count). The van der Waals surface area contributed by atoms with Gasteiger partial charge in [0.25, 0.3) is 0 Å². The van der Waals surface area contributed by atoms with E-state index in [2.05, 4.69) is 26.4 Å². The van der Waals surface area contributed by atoms with Crippen LogP contribution in [0.25, 0.3) is 0 Å². The van der Waals surface area contributed by atoms with Gasteiger partial charge in [0.2, 0.25) is 5.91 Å². The van der Waals surface area contributed by atoms with E-state index in [9.17, 15) is 4.79 Å². The summed E-state index contributed by atoms with van der Waals surface area (Å²) < 4.78 is 0.824. The van der Waals surface area contributed by atoms with Crippen LogP contribution in [0.3, 0.4) is 0 Å². The van der Waals surface area contributed by atoms with E-state index in [1.165, 1.54) is 19.3 Å². The lowest BCUT2D eigenvalue weighted by Crippen LogP contribution is -2.21. The highest BCUT2D eigenvalue weighted by Crippen LogP contribution is 2.27. The summed E-state index contributed by atoms with van der Waals surface area (Å²) in [6, 6.07) is 5.24. The predicted molar refractivity (Wildman–Crippen MR) is 86.5 cm³/mol. The Morgan fingerprint density at radius 1 is 1.38 bits per heavy atom. The number of hydrogen-bond acceptors (Lipinski definition) is 3. The Morgan fingerprint density at radius 3 is 2.76 bits per heavy atom. The van der Waals surface area contributed by atoms with Crippen LogP contribution in [0.15, 0.2) is 27.8 Å². The van der Waals surface area contributed by atoms with E-state index in [1.54, 1.807) is 18.2 Å². The lowest BCUT2D eigenvalue weighted by Gasteiger charge is -2.21. The van der Waals surface area contributed by atoms with Gasteiger partial charge in [-0.05, 0) is 37.0 Å². The van der Waals surface area contributed by atoms with Gasteiger partial charge in [0, 0.05) is 16.5 Å². The number of nitrogens with one attached hydrogen (secondary N) is 1. The Hall–Kier alpha value is -1.56. The molecule has 1 aliphatic rings. The molecule has 1 saturated carbocycles. The number of carbonyl (C=O) groups is 1. The Bertz CT molecular complexity index is 540. The topological polar surface area (TPSA) is 87.7 Å². The van der Waals surface area contributed by atoms with Crippen molar-refractivity contribution in [1.82, 2.24) is 0 Å². The van der Waals surface area contributed by atoms with Gasteiger partial charge in [-0.1, -0.05) is 40.3 Å². The van der Waals surface area contributed by atoms with E-state index in [0.29, 0.717) is 23.6 Å². The Balaban J connectivity index is 2.07. The van der Waals surface area contributed by atoms with Gasteiger partial charge in [-0.15, -0.1) is 0 Å². The minimum absolute atomic E-state index is 0.0181. The minimum Gasteiger partial charge on any atom is -0.409 e. The highest BCUT2D eigenvalue weighted by atomic mass is 79.9. The monoisotopic (exact) mass is 353 g/mol. The van der Waals surface area contributed by atoms with Gasteiger partial charge in [0.1, 0.15) is 0 Å². The standard InChI is InChI=1S/C15H20BrN3O2/c16-11-6-7-12(15(17)19-21)13(9-11)18-14(20)8-10-4-2-1-3-5-10/h6-7,9-10,21H,1-5,8H2,(H2,17,19)(H,18,20). The molecule has 0 atom stereocenters. The van der Waals surface area contributed by atoms with Crippen molar-refractivity contribution in [3.63, 3.8) is 0 Å². The highest BCUT2D eigenvalue weighted by molar-refractivity contribution is 9.10. The van der Waals surface area contributed by atoms with Crippen LogP contribution in [-0.4, -0.2) is 17.0 Å². The predicted octanol–water partition coefficient (Wildman–Crippen LogP) is 3.45. The lowest BCUT2D eigenvalue weighted by atomic mass is 9.87. The van der Waals surface area contributed by atoms with Gasteiger partial charge in [-0.3, -0.25) is 4.79 Å². The quantitative estimate of drug-likeness (QED) is 0.335. The molecule has 1 amide bonds. The molecular weight excluding hydrogens is 334 g/mol. The summed E-state index contributed by atoms with van der Waals surface area (Å²) in [5.41, 5.74) is 6.71. The van der Waals surface area contributed by atoms with Crippen LogP contribution in [-0.2, 0) is 4.79 Å². The van der Waals surface area contributed by atoms with E-state index in [1.807, 2.05) is 0 Å². The maximum Gasteiger partial charge on any atom is 0.224 e. The van der Waals surface area contributed by atoms with Crippen LogP contribution in [0.5, 0.6) is 0 Å². The summed E-state index contributed by atoms with van der Waals surface area (Å²) in [5, 5.41) is 14.7. The van der Waals surface area contributed by atoms with E-state index in [4.69, 9.17) is 10.9 Å². The summed E-state index contributed by atoms with van der Waals surface area (Å²) in [7, 11) is 0. The molecule has 0 radical (unpaired) electrons. The van der Waals surface area contributed by atoms with E-state index in [0.717, 1.165) is 17.3 Å². The zero-order chi connectivity index (χ0) is 15.2. The summed E-state index contributed by atoms with van der Waals surface area (Å²) in [4.78, 5) is 12.2. The summed E-state index contributed by atoms with van der Waals surface area (Å²) >= 11 is 3.36. The number of nitrogens with zero attached hydrogens (tertiary/aromatic N) is 1. The molecule has 5 nitrogen and oxygen atoms in total. The molecule has 21 heavy (non-hydrogen) atoms. The summed E-state index contributed by atoms with van der Waals surface area (Å²) in [6.45, 7) is 0. The number of anilines is 1. The van der Waals surface area contributed by atoms with Crippen LogP contribution in [0.4, 0.5) is 5.69 Å². The van der Waals surface area contributed by atoms with Gasteiger partial charge < -0.3 is 16.3 Å². The third kappa shape index (κ3) is 4.46. The van der Waals surface area contributed by atoms with E-state index in [-0.39, 0.29) is 11.7 Å². The SMILES string of the molecule is N/C(=N/O)c1ccc(Br)cc1NC(=O)CC1CCCCC1. The molecule has 0 heterocycles. The van der Waals surface area contributed by atoms with Gasteiger partial charge in [0.15, 0.2) is 5.84 Å². The number of rotatable bonds is 4. The lowest BCUT2D eigenvalue weighted by molar-refractivity contribution is -0.117. The normalized spacial score (nSPS) is 16.7. The van der Waals surface area contributed by atoms with Crippen molar-refractivity contribution >= 4 is 33.4 Å². The van der Waals surface area contributed by atoms with Crippen LogP contribution < -0.4 is 11.1 Å². The third-order valence-corrected chi connectivity index (χ3v) is 4.33. The average Bonchev–Trinajstić information content (AvgIpc) is 2.47. The Morgan fingerprint density at radius 2 is 2.10 bits per heavy atom. The molecule has 0 unspecified atom stereocenters. The maximum absolute atomic E-state index is 12.2. The zero-order valence-electron chi connectivity index (χ0n) is 11.8. The Labute approximate surface area is 132 Å². The number of benzene rings is 1. The fourth-order valence-corrected chi connectivity index (χ4v) is 3.11. The molecule has 1 fully saturated rings. The molecule has 0 bridgehead atoms. The first-order valence-electron chi connectivity index (χ1n) is 7.17. The number of amidine groups is 1. The molecule has 0 aliphatic heterocycles. The first kappa shape index (κ1) is 15.8. The van der Waals surface area contributed by atoms with Crippen LogP contribution in [0.2, 0.25) is 0 Å². The van der Waals surface area contributed by atoms with Gasteiger partial charge in [-0.2, -0.15) is 0 Å². The largest absolute Gasteiger partial charge is 0.409 e. The molecule has 1 aromatic carbocycles. The van der Waals surface area contributed by atoms with Crippen molar-refractivity contribution in [2.75, 3.05) is 5.32 Å². The number of hydrogen-bond donors (Lipinski definition) is 3. The smallest absolute Gasteiger partial charge is 0.224 e. The van der Waals surface area contributed by atoms with Gasteiger partial charge in [0.05, 0.1) is 5.69 Å². The van der Waals surface area contributed by atoms with Crippen molar-refractivity contribution in [3.8, 4) is 0 Å². The molecule has 1 aliphatic carbocycles. The molecule has 0 saturated heterocycles. The molecule has 6 heteroatoms. The fraction of sp³-hybridized carbons (Fsp3) is 0.467. The van der Waals surface area contributed by atoms with Crippen LogP contribution in [0, 0.1) is 5.92 Å². The Kier molecular flexibility index (Phi) is 5.61. The number of carbonyl (C=O) groups excluding carboxylic acids is 1. The third-order valence-electron chi connectivity index (χ3n) is 3.84. The second-order valence-corrected chi connectivity index (χ2v) is 6.35. The number of oxime groups is 1. The van der Waals surface area contributed by atoms with Crippen molar-refractivity contribution in [3.05, 3.63) is 28.2 Å². The second kappa shape index (κ2) is 7.45. The molecule has 114 valence electrons.